The molecular weight excluding hydrogens is 216 g/mol. The van der Waals surface area contributed by atoms with E-state index in [-0.39, 0.29) is 23.7 Å². The fourth-order valence-electron chi connectivity index (χ4n) is 1.65. The van der Waals surface area contributed by atoms with Gasteiger partial charge < -0.3 is 5.32 Å². The molecule has 17 heavy (non-hydrogen) atoms. The Morgan fingerprint density at radius 3 is 2.24 bits per heavy atom. The van der Waals surface area contributed by atoms with Gasteiger partial charge in [-0.15, -0.1) is 0 Å². The molecule has 0 aromatic heterocycles. The molecule has 0 aliphatic heterocycles. The summed E-state index contributed by atoms with van der Waals surface area (Å²) < 4.78 is 0. The number of Topliss-reactive ketones (excluding diaryl/α,β-unsaturated/α-hetero) is 1. The third-order valence-electron chi connectivity index (χ3n) is 2.45. The molecule has 5 heteroatoms. The van der Waals surface area contributed by atoms with Crippen molar-refractivity contribution in [1.29, 1.82) is 0 Å². The molecule has 0 aromatic carbocycles. The van der Waals surface area contributed by atoms with Crippen molar-refractivity contribution in [2.24, 2.45) is 17.4 Å². The number of carbonyl (C=O) groups excluding carboxylic acids is 1. The first-order valence-corrected chi connectivity index (χ1v) is 6.26. The van der Waals surface area contributed by atoms with Gasteiger partial charge in [-0.1, -0.05) is 27.7 Å². The lowest BCUT2D eigenvalue weighted by molar-refractivity contribution is -0.459. The molecule has 0 heterocycles. The Hall–Kier alpha value is -1.10. The van der Waals surface area contributed by atoms with Crippen LogP contribution in [-0.4, -0.2) is 30.4 Å². The first kappa shape index (κ1) is 15.9. The summed E-state index contributed by atoms with van der Waals surface area (Å²) in [6.45, 7) is 8.65. The zero-order valence-electron chi connectivity index (χ0n) is 11.4. The van der Waals surface area contributed by atoms with Crippen LogP contribution >= 0.6 is 0 Å². The Kier molecular flexibility index (Phi) is 7.54. The Balaban J connectivity index is 4.20. The molecule has 0 aliphatic carbocycles. The molecule has 100 valence electrons. The van der Waals surface area contributed by atoms with Gasteiger partial charge in [-0.25, -0.2) is 0 Å². The van der Waals surface area contributed by atoms with E-state index in [1.807, 2.05) is 27.7 Å². The molecule has 0 amide bonds. The minimum atomic E-state index is -0.0733. The molecule has 1 atom stereocenters. The Labute approximate surface area is 104 Å². The predicted octanol–water partition coefficient (Wildman–Crippen LogP) is -1.29. The number of guanidine groups is 1. The molecule has 0 radical (unpaired) electrons. The van der Waals surface area contributed by atoms with Crippen LogP contribution in [0.25, 0.3) is 0 Å². The molecule has 0 aromatic rings. The smallest absolute Gasteiger partial charge is 0.305 e. The second kappa shape index (κ2) is 8.06. The standard InChI is InChI=1S/C12H26N4O/c1-8(2)11(17)10(16-9(3)4)6-5-7-15-12(13)14/h8-10,16H,5-7H2,1-4H3,(H4,13,14,15)/p+1/t10-/m0/s1. The number of nitrogens with one attached hydrogen (secondary N) is 2. The lowest BCUT2D eigenvalue weighted by Gasteiger charge is -2.21. The number of ketones is 1. The third-order valence-corrected chi connectivity index (χ3v) is 2.45. The monoisotopic (exact) mass is 243 g/mol. The van der Waals surface area contributed by atoms with Gasteiger partial charge in [0.1, 0.15) is 0 Å². The summed E-state index contributed by atoms with van der Waals surface area (Å²) in [6, 6.07) is 0.234. The van der Waals surface area contributed by atoms with Gasteiger partial charge in [-0.05, 0) is 12.8 Å². The van der Waals surface area contributed by atoms with Crippen LogP contribution in [0.2, 0.25) is 0 Å². The summed E-state index contributed by atoms with van der Waals surface area (Å²) in [6.07, 6.45) is 1.66. The minimum Gasteiger partial charge on any atom is -0.305 e. The number of nitrogens with two attached hydrogens (primary N) is 2. The van der Waals surface area contributed by atoms with E-state index in [9.17, 15) is 4.79 Å². The first-order chi connectivity index (χ1) is 7.84. The van der Waals surface area contributed by atoms with Crippen LogP contribution in [-0.2, 0) is 4.79 Å². The largest absolute Gasteiger partial charge is 0.338 e. The van der Waals surface area contributed by atoms with Crippen molar-refractivity contribution in [3.63, 3.8) is 0 Å². The van der Waals surface area contributed by atoms with Gasteiger partial charge in [0.15, 0.2) is 5.78 Å². The van der Waals surface area contributed by atoms with E-state index in [0.717, 1.165) is 12.8 Å². The molecule has 0 rings (SSSR count). The molecule has 6 N–H and O–H groups in total. The highest BCUT2D eigenvalue weighted by atomic mass is 16.1. The van der Waals surface area contributed by atoms with Crippen LogP contribution < -0.4 is 21.8 Å². The third kappa shape index (κ3) is 7.74. The summed E-state index contributed by atoms with van der Waals surface area (Å²) in [5, 5.41) is 3.30. The molecule has 0 saturated heterocycles. The zero-order chi connectivity index (χ0) is 13.4. The average molecular weight is 243 g/mol. The van der Waals surface area contributed by atoms with Crippen molar-refractivity contribution in [2.45, 2.75) is 52.6 Å². The molecule has 5 nitrogen and oxygen atoms in total. The van der Waals surface area contributed by atoms with Crippen LogP contribution in [0, 0.1) is 5.92 Å². The van der Waals surface area contributed by atoms with E-state index in [0.29, 0.717) is 12.6 Å². The van der Waals surface area contributed by atoms with Gasteiger partial charge in [-0.2, -0.15) is 0 Å². The fraction of sp³-hybridized carbons (Fsp3) is 0.833. The summed E-state index contributed by atoms with van der Waals surface area (Å²) >= 11 is 0. The van der Waals surface area contributed by atoms with Crippen molar-refractivity contribution in [3.8, 4) is 0 Å². The number of hydrogen-bond donors (Lipinski definition) is 4. The summed E-state index contributed by atoms with van der Waals surface area (Å²) in [7, 11) is 0. The quantitative estimate of drug-likeness (QED) is 0.242. The van der Waals surface area contributed by atoms with Crippen LogP contribution in [0.15, 0.2) is 0 Å². The number of carbonyl (C=O) groups is 1. The van der Waals surface area contributed by atoms with E-state index < -0.39 is 0 Å². The molecule has 0 unspecified atom stereocenters. The van der Waals surface area contributed by atoms with Crippen LogP contribution in [0.3, 0.4) is 0 Å². The van der Waals surface area contributed by atoms with Gasteiger partial charge in [0.2, 0.25) is 0 Å². The molecule has 0 spiro atoms. The van der Waals surface area contributed by atoms with E-state index >= 15 is 0 Å². The minimum absolute atomic E-state index is 0.0605. The van der Waals surface area contributed by atoms with Gasteiger partial charge >= 0.3 is 5.96 Å². The Morgan fingerprint density at radius 2 is 1.82 bits per heavy atom. The summed E-state index contributed by atoms with van der Waals surface area (Å²) in [5.41, 5.74) is 10.6. The lowest BCUT2D eigenvalue weighted by atomic mass is 9.97. The first-order valence-electron chi connectivity index (χ1n) is 6.26. The van der Waals surface area contributed by atoms with Crippen LogP contribution in [0.4, 0.5) is 0 Å². The van der Waals surface area contributed by atoms with E-state index in [1.54, 1.807) is 0 Å². The highest BCUT2D eigenvalue weighted by Crippen LogP contribution is 2.06. The van der Waals surface area contributed by atoms with E-state index in [1.165, 1.54) is 0 Å². The van der Waals surface area contributed by atoms with Crippen molar-refractivity contribution in [2.75, 3.05) is 6.54 Å². The zero-order valence-corrected chi connectivity index (χ0v) is 11.4. The maximum Gasteiger partial charge on any atom is 0.338 e. The van der Waals surface area contributed by atoms with Gasteiger partial charge in [0, 0.05) is 12.0 Å². The maximum absolute atomic E-state index is 12.0. The molecule has 0 fully saturated rings. The number of rotatable bonds is 8. The fourth-order valence-corrected chi connectivity index (χ4v) is 1.65. The van der Waals surface area contributed by atoms with Crippen molar-refractivity contribution >= 4 is 11.7 Å². The molecular formula is C12H27N4O+. The van der Waals surface area contributed by atoms with Gasteiger partial charge in [0.05, 0.1) is 12.6 Å². The van der Waals surface area contributed by atoms with Gasteiger partial charge in [0.25, 0.3) is 0 Å². The predicted molar refractivity (Wildman–Crippen MR) is 70.4 cm³/mol. The maximum atomic E-state index is 12.0. The van der Waals surface area contributed by atoms with Crippen LogP contribution in [0.5, 0.6) is 0 Å². The normalized spacial score (nSPS) is 12.8. The van der Waals surface area contributed by atoms with Crippen molar-refractivity contribution in [1.82, 2.24) is 5.32 Å². The van der Waals surface area contributed by atoms with Crippen LogP contribution in [0.1, 0.15) is 40.5 Å². The second-order valence-electron chi connectivity index (χ2n) is 4.96. The molecule has 0 bridgehead atoms. The summed E-state index contributed by atoms with van der Waals surface area (Å²) in [5.74, 6) is 0.558. The van der Waals surface area contributed by atoms with Gasteiger partial charge in [-0.3, -0.25) is 21.3 Å². The van der Waals surface area contributed by atoms with E-state index in [4.69, 9.17) is 11.5 Å². The topological polar surface area (TPSA) is 95.1 Å². The highest BCUT2D eigenvalue weighted by molar-refractivity contribution is 5.85. The summed E-state index contributed by atoms with van der Waals surface area (Å²) in [4.78, 5) is 14.8. The number of hydrogen-bond acceptors (Lipinski definition) is 2. The average Bonchev–Trinajstić information content (AvgIpc) is 2.20. The Bertz CT molecular complexity index is 257. The Morgan fingerprint density at radius 1 is 1.24 bits per heavy atom. The lowest BCUT2D eigenvalue weighted by Crippen LogP contribution is -2.78. The second-order valence-corrected chi connectivity index (χ2v) is 4.96. The highest BCUT2D eigenvalue weighted by Gasteiger charge is 2.21. The van der Waals surface area contributed by atoms with Crippen molar-refractivity contribution < 1.29 is 9.79 Å². The van der Waals surface area contributed by atoms with E-state index in [2.05, 4.69) is 10.3 Å². The molecule has 0 aliphatic rings. The molecule has 0 saturated carbocycles. The van der Waals surface area contributed by atoms with Crippen molar-refractivity contribution in [3.05, 3.63) is 0 Å². The SMILES string of the molecule is CC(C)N[C@@H](CCC[NH+]=C(N)N)C(=O)C(C)C.